The van der Waals surface area contributed by atoms with Crippen molar-refractivity contribution in [2.45, 2.75) is 39.2 Å². The highest BCUT2D eigenvalue weighted by Crippen LogP contribution is 2.28. The number of amides is 2. The number of benzene rings is 2. The summed E-state index contributed by atoms with van der Waals surface area (Å²) in [6.45, 7) is 4.78. The molecule has 30 heavy (non-hydrogen) atoms. The predicted octanol–water partition coefficient (Wildman–Crippen LogP) is 4.04. The van der Waals surface area contributed by atoms with Crippen molar-refractivity contribution in [2.24, 2.45) is 0 Å². The standard InChI is InChI=1S/C24H30N2O4/c1-3-4-15-30-21-12-11-20(16-22(21)29-2)23(27)25-17-18-7-9-19(10-8-18)24(28)26-13-5-6-14-26/h7-12,16H,3-6,13-15,17H2,1-2H3,(H,25,27). The van der Waals surface area contributed by atoms with Crippen LogP contribution in [-0.2, 0) is 6.54 Å². The van der Waals surface area contributed by atoms with E-state index in [4.69, 9.17) is 9.47 Å². The van der Waals surface area contributed by atoms with Crippen molar-refractivity contribution < 1.29 is 19.1 Å². The first-order valence-corrected chi connectivity index (χ1v) is 10.6. The number of nitrogens with zero attached hydrogens (tertiary/aromatic N) is 1. The van der Waals surface area contributed by atoms with Crippen LogP contribution in [0.1, 0.15) is 58.9 Å². The van der Waals surface area contributed by atoms with Crippen molar-refractivity contribution >= 4 is 11.8 Å². The Kier molecular flexibility index (Phi) is 7.71. The molecule has 1 fully saturated rings. The van der Waals surface area contributed by atoms with E-state index in [1.807, 2.05) is 29.2 Å². The molecule has 6 nitrogen and oxygen atoms in total. The van der Waals surface area contributed by atoms with Gasteiger partial charge in [-0.05, 0) is 55.2 Å². The lowest BCUT2D eigenvalue weighted by atomic mass is 10.1. The van der Waals surface area contributed by atoms with Gasteiger partial charge in [0.25, 0.3) is 11.8 Å². The van der Waals surface area contributed by atoms with Gasteiger partial charge in [0, 0.05) is 30.8 Å². The molecule has 3 rings (SSSR count). The molecule has 0 unspecified atom stereocenters. The average Bonchev–Trinajstić information content (AvgIpc) is 3.32. The molecule has 0 bridgehead atoms. The van der Waals surface area contributed by atoms with Gasteiger partial charge < -0.3 is 19.7 Å². The number of unbranched alkanes of at least 4 members (excludes halogenated alkanes) is 1. The fourth-order valence-electron chi connectivity index (χ4n) is 3.41. The van der Waals surface area contributed by atoms with Crippen molar-refractivity contribution in [1.82, 2.24) is 10.2 Å². The summed E-state index contributed by atoms with van der Waals surface area (Å²) in [5.41, 5.74) is 2.14. The van der Waals surface area contributed by atoms with Crippen LogP contribution in [0.3, 0.4) is 0 Å². The van der Waals surface area contributed by atoms with Crippen molar-refractivity contribution in [1.29, 1.82) is 0 Å². The van der Waals surface area contributed by atoms with Gasteiger partial charge in [0.2, 0.25) is 0 Å². The van der Waals surface area contributed by atoms with Gasteiger partial charge in [-0.25, -0.2) is 0 Å². The lowest BCUT2D eigenvalue weighted by Crippen LogP contribution is -2.27. The molecule has 0 atom stereocenters. The minimum atomic E-state index is -0.189. The molecule has 2 amide bonds. The first kappa shape index (κ1) is 21.7. The molecule has 0 aromatic heterocycles. The van der Waals surface area contributed by atoms with Crippen LogP contribution < -0.4 is 14.8 Å². The van der Waals surface area contributed by atoms with E-state index >= 15 is 0 Å². The lowest BCUT2D eigenvalue weighted by Gasteiger charge is -2.15. The Labute approximate surface area is 178 Å². The fraction of sp³-hybridized carbons (Fsp3) is 0.417. The zero-order chi connectivity index (χ0) is 21.3. The zero-order valence-corrected chi connectivity index (χ0v) is 17.8. The Bertz CT molecular complexity index is 858. The van der Waals surface area contributed by atoms with Crippen LogP contribution in [0.2, 0.25) is 0 Å². The van der Waals surface area contributed by atoms with E-state index in [1.165, 1.54) is 0 Å². The molecule has 1 heterocycles. The molecule has 160 valence electrons. The summed E-state index contributed by atoms with van der Waals surface area (Å²) >= 11 is 0. The summed E-state index contributed by atoms with van der Waals surface area (Å²) < 4.78 is 11.1. The van der Waals surface area contributed by atoms with Gasteiger partial charge in [-0.3, -0.25) is 9.59 Å². The highest BCUT2D eigenvalue weighted by Gasteiger charge is 2.19. The topological polar surface area (TPSA) is 67.9 Å². The van der Waals surface area contributed by atoms with Gasteiger partial charge in [-0.2, -0.15) is 0 Å². The summed E-state index contributed by atoms with van der Waals surface area (Å²) in [7, 11) is 1.56. The number of hydrogen-bond donors (Lipinski definition) is 1. The van der Waals surface area contributed by atoms with Gasteiger partial charge in [0.1, 0.15) is 0 Å². The van der Waals surface area contributed by atoms with Crippen molar-refractivity contribution in [3.05, 3.63) is 59.2 Å². The number of ether oxygens (including phenoxy) is 2. The van der Waals surface area contributed by atoms with Gasteiger partial charge in [-0.1, -0.05) is 25.5 Å². The summed E-state index contributed by atoms with van der Waals surface area (Å²) in [6, 6.07) is 12.6. The van der Waals surface area contributed by atoms with Crippen molar-refractivity contribution in [3.63, 3.8) is 0 Å². The monoisotopic (exact) mass is 410 g/mol. The second-order valence-corrected chi connectivity index (χ2v) is 7.45. The van der Waals surface area contributed by atoms with E-state index in [0.29, 0.717) is 35.8 Å². The quantitative estimate of drug-likeness (QED) is 0.634. The third kappa shape index (κ3) is 5.53. The number of likely N-dealkylation sites (tertiary alicyclic amines) is 1. The summed E-state index contributed by atoms with van der Waals surface area (Å²) in [5.74, 6) is 1.08. The van der Waals surface area contributed by atoms with Crippen LogP contribution in [0, 0.1) is 0 Å². The minimum Gasteiger partial charge on any atom is -0.493 e. The van der Waals surface area contributed by atoms with Crippen LogP contribution in [0.15, 0.2) is 42.5 Å². The Hall–Kier alpha value is -3.02. The highest BCUT2D eigenvalue weighted by atomic mass is 16.5. The number of rotatable bonds is 9. The van der Waals surface area contributed by atoms with Crippen LogP contribution in [0.5, 0.6) is 11.5 Å². The van der Waals surface area contributed by atoms with E-state index in [1.54, 1.807) is 25.3 Å². The van der Waals surface area contributed by atoms with E-state index in [2.05, 4.69) is 12.2 Å². The molecule has 1 N–H and O–H groups in total. The number of hydrogen-bond acceptors (Lipinski definition) is 4. The molecular formula is C24H30N2O4. The molecule has 0 radical (unpaired) electrons. The predicted molar refractivity (Wildman–Crippen MR) is 116 cm³/mol. The molecule has 0 aliphatic carbocycles. The Balaban J connectivity index is 1.56. The maximum Gasteiger partial charge on any atom is 0.253 e. The van der Waals surface area contributed by atoms with E-state index in [9.17, 15) is 9.59 Å². The second-order valence-electron chi connectivity index (χ2n) is 7.45. The highest BCUT2D eigenvalue weighted by molar-refractivity contribution is 5.95. The summed E-state index contributed by atoms with van der Waals surface area (Å²) in [4.78, 5) is 26.8. The Morgan fingerprint density at radius 2 is 1.70 bits per heavy atom. The first-order chi connectivity index (χ1) is 14.6. The van der Waals surface area contributed by atoms with E-state index < -0.39 is 0 Å². The molecule has 1 aliphatic rings. The van der Waals surface area contributed by atoms with Crippen molar-refractivity contribution in [2.75, 3.05) is 26.8 Å². The fourth-order valence-corrected chi connectivity index (χ4v) is 3.41. The molecule has 2 aromatic rings. The smallest absolute Gasteiger partial charge is 0.253 e. The molecule has 6 heteroatoms. The molecular weight excluding hydrogens is 380 g/mol. The maximum atomic E-state index is 12.5. The summed E-state index contributed by atoms with van der Waals surface area (Å²) in [6.07, 6.45) is 4.17. The first-order valence-electron chi connectivity index (χ1n) is 10.6. The zero-order valence-electron chi connectivity index (χ0n) is 17.8. The molecule has 2 aromatic carbocycles. The molecule has 0 saturated carbocycles. The largest absolute Gasteiger partial charge is 0.493 e. The third-order valence-corrected chi connectivity index (χ3v) is 5.23. The minimum absolute atomic E-state index is 0.0800. The normalized spacial score (nSPS) is 13.2. The van der Waals surface area contributed by atoms with Crippen LogP contribution in [0.25, 0.3) is 0 Å². The number of carbonyl (C=O) groups is 2. The molecule has 1 aliphatic heterocycles. The Morgan fingerprint density at radius 3 is 2.37 bits per heavy atom. The number of nitrogens with one attached hydrogen (secondary N) is 1. The number of carbonyl (C=O) groups excluding carboxylic acids is 2. The lowest BCUT2D eigenvalue weighted by molar-refractivity contribution is 0.0792. The molecule has 0 spiro atoms. The van der Waals surface area contributed by atoms with Gasteiger partial charge in [-0.15, -0.1) is 0 Å². The van der Waals surface area contributed by atoms with Gasteiger partial charge >= 0.3 is 0 Å². The van der Waals surface area contributed by atoms with Gasteiger partial charge in [0.05, 0.1) is 13.7 Å². The second kappa shape index (κ2) is 10.7. The van der Waals surface area contributed by atoms with Crippen molar-refractivity contribution in [3.8, 4) is 11.5 Å². The molecule has 1 saturated heterocycles. The third-order valence-electron chi connectivity index (χ3n) is 5.23. The SMILES string of the molecule is CCCCOc1ccc(C(=O)NCc2ccc(C(=O)N3CCCC3)cc2)cc1OC. The van der Waals surface area contributed by atoms with Gasteiger partial charge in [0.15, 0.2) is 11.5 Å². The maximum absolute atomic E-state index is 12.5. The van der Waals surface area contributed by atoms with E-state index in [-0.39, 0.29) is 11.8 Å². The van der Waals surface area contributed by atoms with Crippen LogP contribution >= 0.6 is 0 Å². The van der Waals surface area contributed by atoms with Crippen LogP contribution in [-0.4, -0.2) is 43.5 Å². The van der Waals surface area contributed by atoms with E-state index in [0.717, 1.165) is 44.3 Å². The average molecular weight is 411 g/mol. The summed E-state index contributed by atoms with van der Waals surface area (Å²) in [5, 5.41) is 2.91. The Morgan fingerprint density at radius 1 is 1.00 bits per heavy atom. The number of methoxy groups -OCH3 is 1. The van der Waals surface area contributed by atoms with Crippen LogP contribution in [0.4, 0.5) is 0 Å².